The van der Waals surface area contributed by atoms with Crippen LogP contribution in [0.3, 0.4) is 0 Å². The van der Waals surface area contributed by atoms with Crippen LogP contribution in [-0.4, -0.2) is 17.9 Å². The third-order valence-corrected chi connectivity index (χ3v) is 2.84. The first-order valence-electron chi connectivity index (χ1n) is 4.57. The van der Waals surface area contributed by atoms with Crippen LogP contribution in [0.4, 0.5) is 0 Å². The van der Waals surface area contributed by atoms with E-state index in [1.165, 1.54) is 11.8 Å². The maximum atomic E-state index is 11.4. The molecule has 0 radical (unpaired) electrons. The van der Waals surface area contributed by atoms with Crippen LogP contribution in [0.2, 0.25) is 0 Å². The molecule has 1 aromatic carbocycles. The van der Waals surface area contributed by atoms with E-state index < -0.39 is 0 Å². The molecule has 14 heavy (non-hydrogen) atoms. The fourth-order valence-corrected chi connectivity index (χ4v) is 1.59. The van der Waals surface area contributed by atoms with Crippen molar-refractivity contribution in [2.24, 2.45) is 5.73 Å². The fourth-order valence-electron chi connectivity index (χ4n) is 1.23. The summed E-state index contributed by atoms with van der Waals surface area (Å²) in [5.41, 5.74) is 7.46. The Labute approximate surface area is 88.9 Å². The molecule has 0 amide bonds. The van der Waals surface area contributed by atoms with Crippen LogP contribution in [0.1, 0.15) is 28.8 Å². The van der Waals surface area contributed by atoms with Gasteiger partial charge in [0.15, 0.2) is 0 Å². The molecule has 0 heterocycles. The molecule has 0 aromatic heterocycles. The molecular weight excluding hydrogens is 194 g/mol. The molecule has 0 aliphatic carbocycles. The van der Waals surface area contributed by atoms with Gasteiger partial charge >= 0.3 is 0 Å². The lowest BCUT2D eigenvalue weighted by molar-refractivity contribution is 0.108. The van der Waals surface area contributed by atoms with E-state index in [-0.39, 0.29) is 5.12 Å². The molecule has 0 saturated carbocycles. The number of nitrogens with two attached hydrogens (primary N) is 1. The second-order valence-corrected chi connectivity index (χ2v) is 4.03. The average Bonchev–Trinajstić information content (AvgIpc) is 2.27. The van der Waals surface area contributed by atoms with Crippen molar-refractivity contribution in [3.63, 3.8) is 0 Å². The summed E-state index contributed by atoms with van der Waals surface area (Å²) >= 11 is 1.24. The van der Waals surface area contributed by atoms with E-state index in [0.29, 0.717) is 12.5 Å². The van der Waals surface area contributed by atoms with Gasteiger partial charge in [-0.25, -0.2) is 0 Å². The Morgan fingerprint density at radius 3 is 2.86 bits per heavy atom. The number of hydrogen-bond acceptors (Lipinski definition) is 3. The highest BCUT2D eigenvalue weighted by molar-refractivity contribution is 8.13. The van der Waals surface area contributed by atoms with Crippen LogP contribution in [0.5, 0.6) is 0 Å². The molecule has 1 rings (SSSR count). The smallest absolute Gasteiger partial charge is 0.219 e. The zero-order valence-corrected chi connectivity index (χ0v) is 9.30. The van der Waals surface area contributed by atoms with Gasteiger partial charge in [0.1, 0.15) is 0 Å². The SMILES string of the molecule is CSC(=O)c1cccc(C(C)CN)c1. The lowest BCUT2D eigenvalue weighted by atomic mass is 10.00. The van der Waals surface area contributed by atoms with Crippen molar-refractivity contribution in [1.82, 2.24) is 0 Å². The van der Waals surface area contributed by atoms with Gasteiger partial charge in [-0.15, -0.1) is 0 Å². The van der Waals surface area contributed by atoms with E-state index in [1.54, 1.807) is 6.26 Å². The maximum absolute atomic E-state index is 11.4. The Kier molecular flexibility index (Phi) is 4.17. The van der Waals surface area contributed by atoms with Gasteiger partial charge in [0.05, 0.1) is 0 Å². The van der Waals surface area contributed by atoms with Crippen molar-refractivity contribution < 1.29 is 4.79 Å². The largest absolute Gasteiger partial charge is 0.330 e. The molecular formula is C11H15NOS. The Balaban J connectivity index is 2.95. The van der Waals surface area contributed by atoms with E-state index in [1.807, 2.05) is 24.3 Å². The van der Waals surface area contributed by atoms with Gasteiger partial charge in [0.25, 0.3) is 0 Å². The molecule has 0 saturated heterocycles. The Morgan fingerprint density at radius 1 is 1.57 bits per heavy atom. The standard InChI is InChI=1S/C11H15NOS/c1-8(7-12)9-4-3-5-10(6-9)11(13)14-2/h3-6,8H,7,12H2,1-2H3. The summed E-state index contributed by atoms with van der Waals surface area (Å²) in [6.07, 6.45) is 1.79. The van der Waals surface area contributed by atoms with Gasteiger partial charge in [-0.05, 0) is 30.3 Å². The van der Waals surface area contributed by atoms with Gasteiger partial charge in [-0.3, -0.25) is 4.79 Å². The molecule has 1 unspecified atom stereocenters. The summed E-state index contributed by atoms with van der Waals surface area (Å²) in [5.74, 6) is 0.310. The normalized spacial score (nSPS) is 12.5. The van der Waals surface area contributed by atoms with Crippen LogP contribution in [0.15, 0.2) is 24.3 Å². The molecule has 1 aromatic rings. The van der Waals surface area contributed by atoms with Gasteiger partial charge in [-0.2, -0.15) is 0 Å². The highest BCUT2D eigenvalue weighted by Crippen LogP contribution is 2.17. The van der Waals surface area contributed by atoms with Crippen molar-refractivity contribution >= 4 is 16.9 Å². The van der Waals surface area contributed by atoms with Crippen molar-refractivity contribution in [3.05, 3.63) is 35.4 Å². The summed E-state index contributed by atoms with van der Waals surface area (Å²) in [5, 5.41) is 0.107. The fraction of sp³-hybridized carbons (Fsp3) is 0.364. The number of hydrogen-bond donors (Lipinski definition) is 1. The summed E-state index contributed by atoms with van der Waals surface area (Å²) < 4.78 is 0. The second-order valence-electron chi connectivity index (χ2n) is 3.25. The van der Waals surface area contributed by atoms with E-state index in [0.717, 1.165) is 11.1 Å². The van der Waals surface area contributed by atoms with Crippen molar-refractivity contribution in [2.45, 2.75) is 12.8 Å². The van der Waals surface area contributed by atoms with Crippen LogP contribution >= 0.6 is 11.8 Å². The van der Waals surface area contributed by atoms with Gasteiger partial charge in [0, 0.05) is 5.56 Å². The average molecular weight is 209 g/mol. The Bertz CT molecular complexity index is 325. The second kappa shape index (κ2) is 5.17. The molecule has 76 valence electrons. The van der Waals surface area contributed by atoms with Crippen molar-refractivity contribution in [2.75, 3.05) is 12.8 Å². The van der Waals surface area contributed by atoms with Crippen molar-refractivity contribution in [3.8, 4) is 0 Å². The minimum absolute atomic E-state index is 0.107. The Hall–Kier alpha value is -0.800. The minimum atomic E-state index is 0.107. The quantitative estimate of drug-likeness (QED) is 0.830. The zero-order chi connectivity index (χ0) is 10.6. The monoisotopic (exact) mass is 209 g/mol. The summed E-state index contributed by atoms with van der Waals surface area (Å²) in [6.45, 7) is 2.67. The summed E-state index contributed by atoms with van der Waals surface area (Å²) in [7, 11) is 0. The topological polar surface area (TPSA) is 43.1 Å². The number of thioether (sulfide) groups is 1. The van der Waals surface area contributed by atoms with E-state index in [2.05, 4.69) is 6.92 Å². The predicted molar refractivity (Wildman–Crippen MR) is 61.8 cm³/mol. The third-order valence-electron chi connectivity index (χ3n) is 2.23. The molecule has 0 spiro atoms. The Morgan fingerprint density at radius 2 is 2.29 bits per heavy atom. The number of rotatable bonds is 3. The van der Waals surface area contributed by atoms with E-state index >= 15 is 0 Å². The number of carbonyl (C=O) groups is 1. The summed E-state index contributed by atoms with van der Waals surface area (Å²) in [6, 6.07) is 7.68. The van der Waals surface area contributed by atoms with Crippen LogP contribution < -0.4 is 5.73 Å². The third kappa shape index (κ3) is 2.59. The number of carbonyl (C=O) groups excluding carboxylic acids is 1. The molecule has 2 N–H and O–H groups in total. The van der Waals surface area contributed by atoms with Gasteiger partial charge in [0.2, 0.25) is 5.12 Å². The highest BCUT2D eigenvalue weighted by atomic mass is 32.2. The first kappa shape index (κ1) is 11.3. The van der Waals surface area contributed by atoms with Gasteiger partial charge < -0.3 is 5.73 Å². The maximum Gasteiger partial charge on any atom is 0.219 e. The lowest BCUT2D eigenvalue weighted by Gasteiger charge is -2.09. The van der Waals surface area contributed by atoms with Gasteiger partial charge in [-0.1, -0.05) is 36.9 Å². The predicted octanol–water partition coefficient (Wildman–Crippen LogP) is 2.25. The molecule has 0 aliphatic rings. The first-order chi connectivity index (χ1) is 6.69. The molecule has 3 heteroatoms. The minimum Gasteiger partial charge on any atom is -0.330 e. The highest BCUT2D eigenvalue weighted by Gasteiger charge is 2.07. The van der Waals surface area contributed by atoms with Crippen LogP contribution in [0, 0.1) is 0 Å². The zero-order valence-electron chi connectivity index (χ0n) is 8.49. The molecule has 2 nitrogen and oxygen atoms in total. The summed E-state index contributed by atoms with van der Waals surface area (Å²) in [4.78, 5) is 11.4. The van der Waals surface area contributed by atoms with E-state index in [4.69, 9.17) is 5.73 Å². The molecule has 1 atom stereocenters. The van der Waals surface area contributed by atoms with Crippen molar-refractivity contribution in [1.29, 1.82) is 0 Å². The molecule has 0 aliphatic heterocycles. The molecule has 0 bridgehead atoms. The molecule has 0 fully saturated rings. The number of benzene rings is 1. The first-order valence-corrected chi connectivity index (χ1v) is 5.80. The lowest BCUT2D eigenvalue weighted by Crippen LogP contribution is -2.09. The van der Waals surface area contributed by atoms with E-state index in [9.17, 15) is 4.79 Å². The van der Waals surface area contributed by atoms with Crippen LogP contribution in [-0.2, 0) is 0 Å². The van der Waals surface area contributed by atoms with Crippen LogP contribution in [0.25, 0.3) is 0 Å².